The van der Waals surface area contributed by atoms with E-state index in [1.54, 1.807) is 13.3 Å². The second-order valence-corrected chi connectivity index (χ2v) is 8.71. The molecule has 0 aliphatic carbocycles. The molecule has 1 atom stereocenters. The average molecular weight is 474 g/mol. The Kier molecular flexibility index (Phi) is 6.95. The van der Waals surface area contributed by atoms with Crippen molar-refractivity contribution in [2.24, 2.45) is 0 Å². The molecule has 1 N–H and O–H groups in total. The highest BCUT2D eigenvalue weighted by atomic mass is 16.5. The predicted octanol–water partition coefficient (Wildman–Crippen LogP) is 5.34. The molecule has 0 bridgehead atoms. The van der Waals surface area contributed by atoms with Gasteiger partial charge in [0.1, 0.15) is 11.4 Å². The van der Waals surface area contributed by atoms with Gasteiger partial charge in [0.15, 0.2) is 0 Å². The van der Waals surface area contributed by atoms with E-state index in [2.05, 4.69) is 52.5 Å². The molecule has 1 aliphatic rings. The van der Waals surface area contributed by atoms with Crippen molar-refractivity contribution in [2.45, 2.75) is 12.5 Å². The van der Waals surface area contributed by atoms with Gasteiger partial charge in [-0.2, -0.15) is 0 Å². The minimum Gasteiger partial charge on any atom is -0.495 e. The van der Waals surface area contributed by atoms with E-state index in [1.165, 1.54) is 11.1 Å². The predicted molar refractivity (Wildman–Crippen MR) is 142 cm³/mol. The maximum Gasteiger partial charge on any atom is 0.254 e. The summed E-state index contributed by atoms with van der Waals surface area (Å²) < 4.78 is 5.50. The molecule has 4 aromatic rings. The van der Waals surface area contributed by atoms with E-state index in [0.717, 1.165) is 12.2 Å². The summed E-state index contributed by atoms with van der Waals surface area (Å²) in [6.45, 7) is 1.96. The van der Waals surface area contributed by atoms with E-state index in [4.69, 9.17) is 4.74 Å². The van der Waals surface area contributed by atoms with Gasteiger partial charge in [-0.25, -0.2) is 4.98 Å². The number of pyridine rings is 1. The standard InChI is InChI=1S/C31H27N3O2/c1-36-30-17-15-24(19-23(30)14-16-28-12-7-8-18-32-28)31(35)34-21-25-9-5-6-13-29(25)26(22-34)20-33-27-10-3-2-4-11-27/h2-13,15,17-19,26,33H,20-22H2,1H3. The number of fused-ring (bicyclic) bond motifs is 1. The quantitative estimate of drug-likeness (QED) is 0.398. The van der Waals surface area contributed by atoms with Crippen molar-refractivity contribution in [1.82, 2.24) is 9.88 Å². The maximum atomic E-state index is 13.7. The lowest BCUT2D eigenvalue weighted by Gasteiger charge is -2.35. The molecule has 0 saturated carbocycles. The van der Waals surface area contributed by atoms with Gasteiger partial charge in [0, 0.05) is 43.0 Å². The van der Waals surface area contributed by atoms with Crippen LogP contribution in [0.2, 0.25) is 0 Å². The summed E-state index contributed by atoms with van der Waals surface area (Å²) in [7, 11) is 1.61. The maximum absolute atomic E-state index is 13.7. The number of hydrogen-bond donors (Lipinski definition) is 1. The van der Waals surface area contributed by atoms with E-state index >= 15 is 0 Å². The molecule has 0 fully saturated rings. The van der Waals surface area contributed by atoms with Gasteiger partial charge in [0.2, 0.25) is 0 Å². The van der Waals surface area contributed by atoms with Crippen molar-refractivity contribution < 1.29 is 9.53 Å². The number of methoxy groups -OCH3 is 1. The molecular weight excluding hydrogens is 446 g/mol. The van der Waals surface area contributed by atoms with Gasteiger partial charge < -0.3 is 15.0 Å². The Morgan fingerprint density at radius 3 is 2.61 bits per heavy atom. The second kappa shape index (κ2) is 10.8. The fraction of sp³-hybridized carbons (Fsp3) is 0.161. The van der Waals surface area contributed by atoms with E-state index < -0.39 is 0 Å². The molecule has 3 aromatic carbocycles. The van der Waals surface area contributed by atoms with Crippen LogP contribution in [0.3, 0.4) is 0 Å². The van der Waals surface area contributed by atoms with Crippen LogP contribution in [0.5, 0.6) is 5.75 Å². The van der Waals surface area contributed by atoms with Crippen LogP contribution < -0.4 is 10.1 Å². The average Bonchev–Trinajstić information content (AvgIpc) is 2.95. The molecule has 0 spiro atoms. The van der Waals surface area contributed by atoms with Crippen LogP contribution in [-0.2, 0) is 6.54 Å². The Labute approximate surface area is 211 Å². The lowest BCUT2D eigenvalue weighted by Crippen LogP contribution is -2.40. The number of aromatic nitrogens is 1. The topological polar surface area (TPSA) is 54.5 Å². The third kappa shape index (κ3) is 5.24. The number of ether oxygens (including phenoxy) is 1. The van der Waals surface area contributed by atoms with Gasteiger partial charge >= 0.3 is 0 Å². The zero-order chi connectivity index (χ0) is 24.7. The summed E-state index contributed by atoms with van der Waals surface area (Å²) in [4.78, 5) is 19.8. The van der Waals surface area contributed by atoms with Crippen molar-refractivity contribution in [1.29, 1.82) is 0 Å². The van der Waals surface area contributed by atoms with Crippen LogP contribution in [0.1, 0.15) is 38.7 Å². The molecule has 0 saturated heterocycles. The Morgan fingerprint density at radius 2 is 1.81 bits per heavy atom. The number of amides is 1. The van der Waals surface area contributed by atoms with Gasteiger partial charge in [-0.3, -0.25) is 4.79 Å². The van der Waals surface area contributed by atoms with E-state index in [1.807, 2.05) is 65.6 Å². The summed E-state index contributed by atoms with van der Waals surface area (Å²) in [5, 5.41) is 3.53. The van der Waals surface area contributed by atoms with Crippen LogP contribution >= 0.6 is 0 Å². The monoisotopic (exact) mass is 473 g/mol. The first kappa shape index (κ1) is 23.2. The first-order valence-corrected chi connectivity index (χ1v) is 12.0. The number of nitrogens with zero attached hydrogens (tertiary/aromatic N) is 2. The number of hydrogen-bond acceptors (Lipinski definition) is 4. The summed E-state index contributed by atoms with van der Waals surface area (Å²) in [6.07, 6.45) is 1.71. The molecule has 5 nitrogen and oxygen atoms in total. The summed E-state index contributed by atoms with van der Waals surface area (Å²) >= 11 is 0. The van der Waals surface area contributed by atoms with Gasteiger partial charge in [-0.05, 0) is 59.5 Å². The molecule has 1 amide bonds. The van der Waals surface area contributed by atoms with Crippen LogP contribution in [0.4, 0.5) is 5.69 Å². The molecular formula is C31H27N3O2. The van der Waals surface area contributed by atoms with Crippen molar-refractivity contribution in [3.63, 3.8) is 0 Å². The van der Waals surface area contributed by atoms with E-state index in [9.17, 15) is 4.79 Å². The lowest BCUT2D eigenvalue weighted by molar-refractivity contribution is 0.0719. The Bertz CT molecular complexity index is 1410. The summed E-state index contributed by atoms with van der Waals surface area (Å²) in [5.74, 6) is 6.98. The molecule has 2 heterocycles. The summed E-state index contributed by atoms with van der Waals surface area (Å²) in [6, 6.07) is 29.6. The van der Waals surface area contributed by atoms with E-state index in [0.29, 0.717) is 35.7 Å². The van der Waals surface area contributed by atoms with Crippen LogP contribution in [0, 0.1) is 11.8 Å². The second-order valence-electron chi connectivity index (χ2n) is 8.71. The van der Waals surface area contributed by atoms with Crippen LogP contribution in [-0.4, -0.2) is 36.0 Å². The van der Waals surface area contributed by atoms with Crippen molar-refractivity contribution in [2.75, 3.05) is 25.5 Å². The molecule has 36 heavy (non-hydrogen) atoms. The van der Waals surface area contributed by atoms with Gasteiger partial charge in [0.25, 0.3) is 5.91 Å². The third-order valence-corrected chi connectivity index (χ3v) is 6.35. The van der Waals surface area contributed by atoms with Crippen molar-refractivity contribution in [3.8, 4) is 17.6 Å². The molecule has 5 heteroatoms. The molecule has 1 unspecified atom stereocenters. The zero-order valence-electron chi connectivity index (χ0n) is 20.1. The first-order valence-electron chi connectivity index (χ1n) is 12.0. The number of carbonyl (C=O) groups excluding carboxylic acids is 1. The summed E-state index contributed by atoms with van der Waals surface area (Å²) in [5.41, 5.74) is 5.47. The van der Waals surface area contributed by atoms with Crippen LogP contribution in [0.15, 0.2) is 97.2 Å². The minimum atomic E-state index is -0.0160. The third-order valence-electron chi connectivity index (χ3n) is 6.35. The fourth-order valence-corrected chi connectivity index (χ4v) is 4.53. The highest BCUT2D eigenvalue weighted by Crippen LogP contribution is 2.30. The first-order chi connectivity index (χ1) is 17.7. The van der Waals surface area contributed by atoms with Crippen molar-refractivity contribution >= 4 is 11.6 Å². The Hall–Kier alpha value is -4.56. The van der Waals surface area contributed by atoms with Gasteiger partial charge in [-0.15, -0.1) is 0 Å². The highest BCUT2D eigenvalue weighted by Gasteiger charge is 2.28. The number of nitrogens with one attached hydrogen (secondary N) is 1. The molecule has 1 aliphatic heterocycles. The number of benzene rings is 3. The zero-order valence-corrected chi connectivity index (χ0v) is 20.1. The molecule has 178 valence electrons. The Balaban J connectivity index is 1.39. The number of anilines is 1. The van der Waals surface area contributed by atoms with E-state index in [-0.39, 0.29) is 11.8 Å². The highest BCUT2D eigenvalue weighted by molar-refractivity contribution is 5.95. The van der Waals surface area contributed by atoms with Gasteiger partial charge in [-0.1, -0.05) is 54.5 Å². The number of para-hydroxylation sites is 1. The Morgan fingerprint density at radius 1 is 1.00 bits per heavy atom. The number of rotatable bonds is 5. The fourth-order valence-electron chi connectivity index (χ4n) is 4.53. The molecule has 0 radical (unpaired) electrons. The lowest BCUT2D eigenvalue weighted by atomic mass is 9.89. The largest absolute Gasteiger partial charge is 0.495 e. The van der Waals surface area contributed by atoms with Crippen LogP contribution in [0.25, 0.3) is 0 Å². The van der Waals surface area contributed by atoms with Crippen molar-refractivity contribution in [3.05, 3.63) is 125 Å². The smallest absolute Gasteiger partial charge is 0.254 e. The minimum absolute atomic E-state index is 0.0160. The molecule has 1 aromatic heterocycles. The van der Waals surface area contributed by atoms with Gasteiger partial charge in [0.05, 0.1) is 12.7 Å². The SMILES string of the molecule is COc1ccc(C(=O)N2Cc3ccccc3C(CNc3ccccc3)C2)cc1C#Cc1ccccn1. The normalized spacial score (nSPS) is 14.2. The molecule has 5 rings (SSSR count). The number of carbonyl (C=O) groups is 1.